The van der Waals surface area contributed by atoms with Gasteiger partial charge in [-0.25, -0.2) is 9.37 Å². The number of hydrogen-bond donors (Lipinski definition) is 2. The van der Waals surface area contributed by atoms with E-state index in [0.29, 0.717) is 11.4 Å². The third kappa shape index (κ3) is 3.64. The third-order valence-corrected chi connectivity index (χ3v) is 2.62. The highest BCUT2D eigenvalue weighted by atomic mass is 19.1. The molecule has 0 unspecified atom stereocenters. The predicted octanol–water partition coefficient (Wildman–Crippen LogP) is 3.49. The van der Waals surface area contributed by atoms with E-state index in [1.54, 1.807) is 31.5 Å². The van der Waals surface area contributed by atoms with Crippen molar-refractivity contribution in [3.8, 4) is 0 Å². The highest BCUT2D eigenvalue weighted by molar-refractivity contribution is 5.57. The van der Waals surface area contributed by atoms with Crippen molar-refractivity contribution >= 4 is 17.3 Å². The molecule has 0 aliphatic carbocycles. The third-order valence-electron chi connectivity index (χ3n) is 2.62. The number of nitrogens with zero attached hydrogens (tertiary/aromatic N) is 2. The number of nitrogens with one attached hydrogen (secondary N) is 2. The Balaban J connectivity index is 2.11. The van der Waals surface area contributed by atoms with Crippen molar-refractivity contribution in [2.45, 2.75) is 20.3 Å². The summed E-state index contributed by atoms with van der Waals surface area (Å²) < 4.78 is 13.2. The van der Waals surface area contributed by atoms with E-state index in [2.05, 4.69) is 27.5 Å². The van der Waals surface area contributed by atoms with Crippen molar-refractivity contribution < 1.29 is 4.39 Å². The van der Waals surface area contributed by atoms with Crippen LogP contribution in [0.25, 0.3) is 0 Å². The van der Waals surface area contributed by atoms with Crippen LogP contribution < -0.4 is 10.6 Å². The van der Waals surface area contributed by atoms with Crippen molar-refractivity contribution in [1.82, 2.24) is 9.97 Å². The molecule has 4 nitrogen and oxygen atoms in total. The van der Waals surface area contributed by atoms with Gasteiger partial charge in [-0.2, -0.15) is 0 Å². The lowest BCUT2D eigenvalue weighted by molar-refractivity contribution is 0.619. The first-order valence-corrected chi connectivity index (χ1v) is 6.28. The van der Waals surface area contributed by atoms with E-state index in [1.807, 2.05) is 0 Å². The highest BCUT2D eigenvalue weighted by Gasteiger charge is 2.02. The maximum Gasteiger partial charge on any atom is 0.151 e. The second-order valence-electron chi connectivity index (χ2n) is 4.31. The summed E-state index contributed by atoms with van der Waals surface area (Å²) in [6, 6.07) is 4.85. The van der Waals surface area contributed by atoms with E-state index in [9.17, 15) is 4.39 Å². The maximum absolute atomic E-state index is 13.2. The number of halogens is 1. The highest BCUT2D eigenvalue weighted by Crippen LogP contribution is 2.18. The second-order valence-corrected chi connectivity index (χ2v) is 4.31. The van der Waals surface area contributed by atoms with Crippen LogP contribution in [0, 0.1) is 12.7 Å². The van der Waals surface area contributed by atoms with Gasteiger partial charge in [0, 0.05) is 12.2 Å². The zero-order chi connectivity index (χ0) is 13.7. The van der Waals surface area contributed by atoms with Crippen molar-refractivity contribution in [2.24, 2.45) is 0 Å². The molecule has 2 aromatic rings. The fourth-order valence-electron chi connectivity index (χ4n) is 1.63. The van der Waals surface area contributed by atoms with E-state index in [1.165, 1.54) is 6.07 Å². The maximum atomic E-state index is 13.2. The first-order valence-electron chi connectivity index (χ1n) is 6.28. The largest absolute Gasteiger partial charge is 0.369 e. The Morgan fingerprint density at radius 2 is 2.00 bits per heavy atom. The topological polar surface area (TPSA) is 49.8 Å². The molecule has 2 rings (SSSR count). The van der Waals surface area contributed by atoms with Crippen LogP contribution in [0.5, 0.6) is 0 Å². The fraction of sp³-hybridized carbons (Fsp3) is 0.286. The van der Waals surface area contributed by atoms with Gasteiger partial charge in [-0.1, -0.05) is 6.92 Å². The lowest BCUT2D eigenvalue weighted by atomic mass is 10.2. The molecular weight excluding hydrogens is 243 g/mol. The number of hydrogen-bond acceptors (Lipinski definition) is 4. The van der Waals surface area contributed by atoms with E-state index < -0.39 is 0 Å². The van der Waals surface area contributed by atoms with Crippen LogP contribution in [0.3, 0.4) is 0 Å². The first-order chi connectivity index (χ1) is 9.19. The Morgan fingerprint density at radius 3 is 2.74 bits per heavy atom. The van der Waals surface area contributed by atoms with Crippen LogP contribution >= 0.6 is 0 Å². The number of aromatic nitrogens is 2. The van der Waals surface area contributed by atoms with Gasteiger partial charge in [0.25, 0.3) is 0 Å². The van der Waals surface area contributed by atoms with Gasteiger partial charge in [0.05, 0.1) is 12.4 Å². The summed E-state index contributed by atoms with van der Waals surface area (Å²) in [5.74, 6) is 1.15. The summed E-state index contributed by atoms with van der Waals surface area (Å²) >= 11 is 0. The predicted molar refractivity (Wildman–Crippen MR) is 75.2 cm³/mol. The van der Waals surface area contributed by atoms with Crippen LogP contribution in [0.15, 0.2) is 30.6 Å². The summed E-state index contributed by atoms with van der Waals surface area (Å²) in [5.41, 5.74) is 1.39. The Hall–Kier alpha value is -2.17. The minimum atomic E-state index is -0.213. The lowest BCUT2D eigenvalue weighted by Crippen LogP contribution is -2.04. The summed E-state index contributed by atoms with van der Waals surface area (Å²) in [5, 5.41) is 6.28. The van der Waals surface area contributed by atoms with Crippen molar-refractivity contribution in [2.75, 3.05) is 17.2 Å². The van der Waals surface area contributed by atoms with Gasteiger partial charge >= 0.3 is 0 Å². The second kappa shape index (κ2) is 6.13. The van der Waals surface area contributed by atoms with Crippen molar-refractivity contribution in [3.63, 3.8) is 0 Å². The van der Waals surface area contributed by atoms with Gasteiger partial charge in [-0.05, 0) is 37.1 Å². The molecule has 1 aromatic heterocycles. The molecule has 19 heavy (non-hydrogen) atoms. The zero-order valence-electron chi connectivity index (χ0n) is 11.1. The Labute approximate surface area is 112 Å². The van der Waals surface area contributed by atoms with E-state index >= 15 is 0 Å². The molecule has 0 spiro atoms. The summed E-state index contributed by atoms with van der Waals surface area (Å²) in [6.45, 7) is 4.67. The Bertz CT molecular complexity index is 557. The summed E-state index contributed by atoms with van der Waals surface area (Å²) in [6.07, 6.45) is 4.34. The molecule has 0 saturated heterocycles. The Kier molecular flexibility index (Phi) is 4.28. The SMILES string of the molecule is CCCNc1cncc(Nc2ccc(F)c(C)c2)n1. The number of anilines is 3. The summed E-state index contributed by atoms with van der Waals surface area (Å²) in [7, 11) is 0. The van der Waals surface area contributed by atoms with E-state index in [0.717, 1.165) is 24.5 Å². The molecule has 0 aliphatic rings. The minimum absolute atomic E-state index is 0.213. The van der Waals surface area contributed by atoms with Gasteiger partial charge in [0.15, 0.2) is 5.82 Å². The average Bonchev–Trinajstić information content (AvgIpc) is 2.41. The van der Waals surface area contributed by atoms with Gasteiger partial charge in [0.1, 0.15) is 11.6 Å². The smallest absolute Gasteiger partial charge is 0.151 e. The molecule has 1 heterocycles. The molecule has 1 aromatic carbocycles. The fourth-order valence-corrected chi connectivity index (χ4v) is 1.63. The Morgan fingerprint density at radius 1 is 1.21 bits per heavy atom. The molecule has 0 aliphatic heterocycles. The van der Waals surface area contributed by atoms with E-state index in [-0.39, 0.29) is 5.82 Å². The monoisotopic (exact) mass is 260 g/mol. The zero-order valence-corrected chi connectivity index (χ0v) is 11.1. The molecule has 2 N–H and O–H groups in total. The quantitative estimate of drug-likeness (QED) is 0.864. The van der Waals surface area contributed by atoms with Crippen LogP contribution in [-0.4, -0.2) is 16.5 Å². The lowest BCUT2D eigenvalue weighted by Gasteiger charge is -2.08. The van der Waals surface area contributed by atoms with Crippen molar-refractivity contribution in [3.05, 3.63) is 42.0 Å². The average molecular weight is 260 g/mol. The summed E-state index contributed by atoms with van der Waals surface area (Å²) in [4.78, 5) is 8.49. The standard InChI is InChI=1S/C14H17FN4/c1-3-6-17-13-8-16-9-14(19-13)18-11-4-5-12(15)10(2)7-11/h4-5,7-9H,3,6H2,1-2H3,(H2,17,18,19). The van der Waals surface area contributed by atoms with Gasteiger partial charge in [0.2, 0.25) is 0 Å². The van der Waals surface area contributed by atoms with Crippen LogP contribution in [0.1, 0.15) is 18.9 Å². The number of rotatable bonds is 5. The number of benzene rings is 1. The van der Waals surface area contributed by atoms with Crippen molar-refractivity contribution in [1.29, 1.82) is 0 Å². The number of aryl methyl sites for hydroxylation is 1. The molecule has 0 fully saturated rings. The van der Waals surface area contributed by atoms with Gasteiger partial charge in [-0.3, -0.25) is 4.98 Å². The molecular formula is C14H17FN4. The molecule has 0 radical (unpaired) electrons. The molecule has 5 heteroatoms. The van der Waals surface area contributed by atoms with Gasteiger partial charge in [-0.15, -0.1) is 0 Å². The molecule has 100 valence electrons. The van der Waals surface area contributed by atoms with Crippen LogP contribution in [-0.2, 0) is 0 Å². The molecule has 0 atom stereocenters. The molecule has 0 bridgehead atoms. The molecule has 0 amide bonds. The normalized spacial score (nSPS) is 10.3. The van der Waals surface area contributed by atoms with Gasteiger partial charge < -0.3 is 10.6 Å². The van der Waals surface area contributed by atoms with Crippen LogP contribution in [0.4, 0.5) is 21.7 Å². The molecule has 0 saturated carbocycles. The first kappa shape index (κ1) is 13.3. The van der Waals surface area contributed by atoms with E-state index in [4.69, 9.17) is 0 Å². The minimum Gasteiger partial charge on any atom is -0.369 e. The van der Waals surface area contributed by atoms with Crippen LogP contribution in [0.2, 0.25) is 0 Å².